The summed E-state index contributed by atoms with van der Waals surface area (Å²) in [6.45, 7) is 2.65. The molecule has 0 amide bonds. The minimum atomic E-state index is -0.647. The molecule has 3 rings (SSSR count). The number of aliphatic hydroxyl groups is 1. The fourth-order valence-corrected chi connectivity index (χ4v) is 3.68. The monoisotopic (exact) mass is 339 g/mol. The van der Waals surface area contributed by atoms with Gasteiger partial charge in [0.05, 0.1) is 36.6 Å². The molecule has 132 valence electrons. The Labute approximate surface area is 148 Å². The molecular formula is C20H25N3O2. The van der Waals surface area contributed by atoms with E-state index in [9.17, 15) is 10.4 Å². The van der Waals surface area contributed by atoms with Crippen molar-refractivity contribution < 1.29 is 9.84 Å². The average Bonchev–Trinajstić information content (AvgIpc) is 3.21. The van der Waals surface area contributed by atoms with Crippen LogP contribution >= 0.6 is 0 Å². The number of rotatable bonds is 6. The lowest BCUT2D eigenvalue weighted by atomic mass is 10.0. The summed E-state index contributed by atoms with van der Waals surface area (Å²) in [7, 11) is 1.63. The first kappa shape index (κ1) is 17.5. The lowest BCUT2D eigenvalue weighted by molar-refractivity contribution is 0.0266. The van der Waals surface area contributed by atoms with Crippen LogP contribution in [-0.2, 0) is 13.0 Å². The maximum absolute atomic E-state index is 10.7. The summed E-state index contributed by atoms with van der Waals surface area (Å²) in [5, 5.41) is 24.7. The number of methoxy groups -OCH3 is 1. The van der Waals surface area contributed by atoms with E-state index in [1.54, 1.807) is 13.2 Å². The number of nitrogens with zero attached hydrogens (tertiary/aromatic N) is 3. The van der Waals surface area contributed by atoms with Crippen LogP contribution in [0.2, 0.25) is 0 Å². The Bertz CT molecular complexity index is 783. The van der Waals surface area contributed by atoms with Crippen molar-refractivity contribution in [2.24, 2.45) is 0 Å². The first-order valence-corrected chi connectivity index (χ1v) is 8.96. The third-order valence-corrected chi connectivity index (χ3v) is 4.93. The summed E-state index contributed by atoms with van der Waals surface area (Å²) in [4.78, 5) is 0. The summed E-state index contributed by atoms with van der Waals surface area (Å²) in [6.07, 6.45) is 7.75. The first-order valence-electron chi connectivity index (χ1n) is 8.96. The van der Waals surface area contributed by atoms with Crippen LogP contribution in [0.3, 0.4) is 0 Å². The van der Waals surface area contributed by atoms with Crippen LogP contribution in [0.25, 0.3) is 11.3 Å². The molecule has 1 aliphatic rings. The normalized spacial score (nSPS) is 15.9. The highest BCUT2D eigenvalue weighted by molar-refractivity contribution is 5.71. The molecule has 0 atom stereocenters. The molecule has 5 heteroatoms. The molecular weight excluding hydrogens is 314 g/mol. The van der Waals surface area contributed by atoms with Crippen LogP contribution in [0.4, 0.5) is 0 Å². The lowest BCUT2D eigenvalue weighted by Gasteiger charge is -2.21. The van der Waals surface area contributed by atoms with Gasteiger partial charge in [-0.2, -0.15) is 10.4 Å². The number of benzene rings is 1. The molecule has 0 saturated heterocycles. The van der Waals surface area contributed by atoms with Gasteiger partial charge in [-0.15, -0.1) is 0 Å². The van der Waals surface area contributed by atoms with E-state index in [0.29, 0.717) is 17.9 Å². The summed E-state index contributed by atoms with van der Waals surface area (Å²) >= 11 is 0. The maximum Gasteiger partial charge on any atom is 0.128 e. The van der Waals surface area contributed by atoms with Crippen molar-refractivity contribution in [2.45, 2.75) is 57.6 Å². The zero-order valence-corrected chi connectivity index (χ0v) is 15.0. The molecule has 0 radical (unpaired) electrons. The minimum Gasteiger partial charge on any atom is -0.496 e. The quantitative estimate of drug-likeness (QED) is 0.871. The predicted octanol–water partition coefficient (Wildman–Crippen LogP) is 3.69. The van der Waals surface area contributed by atoms with Crippen LogP contribution in [0, 0.1) is 11.3 Å². The molecule has 2 aromatic rings. The van der Waals surface area contributed by atoms with Gasteiger partial charge in [0.15, 0.2) is 0 Å². The Morgan fingerprint density at radius 1 is 1.36 bits per heavy atom. The Balaban J connectivity index is 2.02. The first-order chi connectivity index (χ1) is 12.1. The summed E-state index contributed by atoms with van der Waals surface area (Å²) < 4.78 is 7.35. The van der Waals surface area contributed by atoms with Crippen LogP contribution in [-0.4, -0.2) is 27.6 Å². The zero-order valence-electron chi connectivity index (χ0n) is 15.0. The third-order valence-electron chi connectivity index (χ3n) is 4.93. The number of aryl methyl sites for hydroxylation is 1. The van der Waals surface area contributed by atoms with Gasteiger partial charge in [-0.1, -0.05) is 26.2 Å². The van der Waals surface area contributed by atoms with E-state index in [0.717, 1.165) is 55.3 Å². The number of hydrogen-bond acceptors (Lipinski definition) is 4. The average molecular weight is 339 g/mol. The molecule has 0 unspecified atom stereocenters. The highest BCUT2D eigenvalue weighted by Crippen LogP contribution is 2.35. The van der Waals surface area contributed by atoms with Gasteiger partial charge < -0.3 is 9.84 Å². The second kappa shape index (κ2) is 7.28. The number of ether oxygens (including phenoxy) is 1. The standard InChI is InChI=1S/C20H25N3O2/c1-3-6-16-13-23(14-20(24)9-4-5-10-20)22-19(16)17-11-15(12-21)7-8-18(17)25-2/h7-8,11,13,24H,3-6,9-10,14H2,1-2H3. The molecule has 1 heterocycles. The zero-order chi connectivity index (χ0) is 17.9. The molecule has 0 spiro atoms. The Morgan fingerprint density at radius 2 is 2.12 bits per heavy atom. The minimum absolute atomic E-state index is 0.518. The molecule has 1 aliphatic carbocycles. The van der Waals surface area contributed by atoms with E-state index in [-0.39, 0.29) is 0 Å². The van der Waals surface area contributed by atoms with Crippen molar-refractivity contribution >= 4 is 0 Å². The van der Waals surface area contributed by atoms with E-state index in [4.69, 9.17) is 9.84 Å². The van der Waals surface area contributed by atoms with E-state index in [2.05, 4.69) is 13.0 Å². The van der Waals surface area contributed by atoms with Crippen molar-refractivity contribution in [2.75, 3.05) is 7.11 Å². The van der Waals surface area contributed by atoms with Crippen molar-refractivity contribution in [3.05, 3.63) is 35.5 Å². The Morgan fingerprint density at radius 3 is 2.76 bits per heavy atom. The number of hydrogen-bond donors (Lipinski definition) is 1. The molecule has 0 aliphatic heterocycles. The van der Waals surface area contributed by atoms with Crippen molar-refractivity contribution in [3.8, 4) is 23.1 Å². The maximum atomic E-state index is 10.7. The smallest absolute Gasteiger partial charge is 0.128 e. The molecule has 1 aromatic carbocycles. The third kappa shape index (κ3) is 3.69. The van der Waals surface area contributed by atoms with Gasteiger partial charge in [0, 0.05) is 11.8 Å². The summed E-state index contributed by atoms with van der Waals surface area (Å²) in [5.74, 6) is 0.709. The molecule has 0 bridgehead atoms. The van der Waals surface area contributed by atoms with Gasteiger partial charge in [0.1, 0.15) is 5.75 Å². The van der Waals surface area contributed by atoms with Gasteiger partial charge in [0.2, 0.25) is 0 Å². The Hall–Kier alpha value is -2.32. The topological polar surface area (TPSA) is 71.1 Å². The van der Waals surface area contributed by atoms with Crippen LogP contribution < -0.4 is 4.74 Å². The van der Waals surface area contributed by atoms with Gasteiger partial charge in [-0.3, -0.25) is 4.68 Å². The van der Waals surface area contributed by atoms with Gasteiger partial charge in [-0.25, -0.2) is 0 Å². The molecule has 1 N–H and O–H groups in total. The lowest BCUT2D eigenvalue weighted by Crippen LogP contribution is -2.30. The van der Waals surface area contributed by atoms with Crippen molar-refractivity contribution in [1.82, 2.24) is 9.78 Å². The Kier molecular flexibility index (Phi) is 5.10. The van der Waals surface area contributed by atoms with Crippen molar-refractivity contribution in [3.63, 3.8) is 0 Å². The number of nitriles is 1. The van der Waals surface area contributed by atoms with Crippen LogP contribution in [0.5, 0.6) is 5.75 Å². The molecule has 1 saturated carbocycles. The van der Waals surface area contributed by atoms with Gasteiger partial charge in [-0.05, 0) is 43.0 Å². The molecule has 1 aromatic heterocycles. The molecule has 25 heavy (non-hydrogen) atoms. The van der Waals surface area contributed by atoms with Crippen LogP contribution in [0.15, 0.2) is 24.4 Å². The SMILES string of the molecule is CCCc1cn(CC2(O)CCCC2)nc1-c1cc(C#N)ccc1OC. The summed E-state index contributed by atoms with van der Waals surface area (Å²) in [5.41, 5.74) is 2.74. The summed E-state index contributed by atoms with van der Waals surface area (Å²) in [6, 6.07) is 7.57. The van der Waals surface area contributed by atoms with Gasteiger partial charge in [0.25, 0.3) is 0 Å². The highest BCUT2D eigenvalue weighted by Gasteiger charge is 2.32. The van der Waals surface area contributed by atoms with E-state index < -0.39 is 5.60 Å². The fraction of sp³-hybridized carbons (Fsp3) is 0.500. The van der Waals surface area contributed by atoms with Gasteiger partial charge >= 0.3 is 0 Å². The van der Waals surface area contributed by atoms with E-state index in [1.165, 1.54) is 0 Å². The number of aromatic nitrogens is 2. The molecule has 1 fully saturated rings. The second-order valence-corrected chi connectivity index (χ2v) is 6.91. The second-order valence-electron chi connectivity index (χ2n) is 6.91. The highest BCUT2D eigenvalue weighted by atomic mass is 16.5. The van der Waals surface area contributed by atoms with Crippen molar-refractivity contribution in [1.29, 1.82) is 5.26 Å². The van der Waals surface area contributed by atoms with E-state index in [1.807, 2.05) is 23.0 Å². The van der Waals surface area contributed by atoms with Crippen LogP contribution in [0.1, 0.15) is 50.2 Å². The predicted molar refractivity (Wildman–Crippen MR) is 96.3 cm³/mol. The van der Waals surface area contributed by atoms with E-state index >= 15 is 0 Å². The largest absolute Gasteiger partial charge is 0.496 e. The fourth-order valence-electron chi connectivity index (χ4n) is 3.68. The molecule has 5 nitrogen and oxygen atoms in total.